The van der Waals surface area contributed by atoms with Crippen molar-refractivity contribution in [2.45, 2.75) is 38.7 Å². The van der Waals surface area contributed by atoms with Crippen LogP contribution in [0, 0.1) is 5.92 Å². The third kappa shape index (κ3) is 4.20. The van der Waals surface area contributed by atoms with Gasteiger partial charge in [0.15, 0.2) is 0 Å². The molecule has 7 nitrogen and oxygen atoms in total. The molecule has 0 saturated carbocycles. The van der Waals surface area contributed by atoms with Crippen LogP contribution in [0.5, 0.6) is 0 Å². The van der Waals surface area contributed by atoms with Crippen molar-refractivity contribution in [1.82, 2.24) is 10.3 Å². The van der Waals surface area contributed by atoms with Gasteiger partial charge in [-0.1, -0.05) is 31.1 Å². The third-order valence-corrected chi connectivity index (χ3v) is 4.31. The summed E-state index contributed by atoms with van der Waals surface area (Å²) >= 11 is 0. The van der Waals surface area contributed by atoms with Crippen LogP contribution < -0.4 is 5.32 Å². The standard InChI is InChI=1S/C18H22BN3O4/c1-11(2)8-17(19(24)25)21-18(23)16-10-15(22-26-16)13-5-6-14-12(9-13)4-3-7-20-14/h3-7,9,11,16-17,24-25H,8,10H2,1-2H3,(H,21,23)/t16?,17-/m0/s1. The van der Waals surface area contributed by atoms with Crippen LogP contribution in [0.25, 0.3) is 10.9 Å². The lowest BCUT2D eigenvalue weighted by Crippen LogP contribution is -2.50. The van der Waals surface area contributed by atoms with Gasteiger partial charge in [0, 0.05) is 23.6 Å². The second-order valence-corrected chi connectivity index (χ2v) is 6.91. The van der Waals surface area contributed by atoms with E-state index >= 15 is 0 Å². The van der Waals surface area contributed by atoms with Crippen molar-refractivity contribution in [3.8, 4) is 0 Å². The Bertz CT molecular complexity index is 825. The number of oxime groups is 1. The molecule has 2 aromatic rings. The predicted molar refractivity (Wildman–Crippen MR) is 99.3 cm³/mol. The molecule has 26 heavy (non-hydrogen) atoms. The molecule has 0 bridgehead atoms. The minimum Gasteiger partial charge on any atom is -0.426 e. The molecule has 3 N–H and O–H groups in total. The molecule has 3 rings (SSSR count). The first-order valence-electron chi connectivity index (χ1n) is 8.68. The number of rotatable bonds is 6. The van der Waals surface area contributed by atoms with Gasteiger partial charge in [-0.25, -0.2) is 0 Å². The quantitative estimate of drug-likeness (QED) is 0.677. The van der Waals surface area contributed by atoms with Crippen LogP contribution in [0.4, 0.5) is 0 Å². The lowest BCUT2D eigenvalue weighted by atomic mass is 9.75. The summed E-state index contributed by atoms with van der Waals surface area (Å²) in [6.07, 6.45) is 1.75. The van der Waals surface area contributed by atoms with Gasteiger partial charge in [0.2, 0.25) is 6.10 Å². The number of nitrogens with zero attached hydrogens (tertiary/aromatic N) is 2. The topological polar surface area (TPSA) is 104 Å². The number of hydrogen-bond donors (Lipinski definition) is 3. The number of fused-ring (bicyclic) bond motifs is 1. The van der Waals surface area contributed by atoms with Gasteiger partial charge < -0.3 is 20.2 Å². The zero-order valence-electron chi connectivity index (χ0n) is 14.8. The Labute approximate surface area is 152 Å². The van der Waals surface area contributed by atoms with E-state index in [0.29, 0.717) is 18.6 Å². The van der Waals surface area contributed by atoms with Gasteiger partial charge >= 0.3 is 7.12 Å². The molecule has 1 unspecified atom stereocenters. The number of carbonyl (C=O) groups is 1. The van der Waals surface area contributed by atoms with E-state index in [2.05, 4.69) is 15.5 Å². The molecule has 0 spiro atoms. The highest BCUT2D eigenvalue weighted by Crippen LogP contribution is 2.21. The number of aromatic nitrogens is 1. The van der Waals surface area contributed by atoms with Gasteiger partial charge in [0.1, 0.15) is 0 Å². The summed E-state index contributed by atoms with van der Waals surface area (Å²) in [5, 5.41) is 26.6. The number of amides is 1. The maximum absolute atomic E-state index is 12.4. The number of benzene rings is 1. The van der Waals surface area contributed by atoms with E-state index in [1.54, 1.807) is 6.20 Å². The molecule has 0 fully saturated rings. The SMILES string of the molecule is CC(C)C[C@H](NC(=O)C1CC(c2ccc3ncccc3c2)=NO1)B(O)O. The summed E-state index contributed by atoms with van der Waals surface area (Å²) in [7, 11) is -1.61. The molecule has 136 valence electrons. The maximum atomic E-state index is 12.4. The Morgan fingerprint density at radius 2 is 2.19 bits per heavy atom. The monoisotopic (exact) mass is 355 g/mol. The summed E-state index contributed by atoms with van der Waals surface area (Å²) in [5.74, 6) is -0.920. The van der Waals surface area contributed by atoms with Crippen molar-refractivity contribution in [1.29, 1.82) is 0 Å². The second-order valence-electron chi connectivity index (χ2n) is 6.91. The largest absolute Gasteiger partial charge is 0.475 e. The fraction of sp³-hybridized carbons (Fsp3) is 0.389. The van der Waals surface area contributed by atoms with Crippen molar-refractivity contribution < 1.29 is 19.7 Å². The highest BCUT2D eigenvalue weighted by Gasteiger charge is 2.33. The first kappa shape index (κ1) is 18.3. The van der Waals surface area contributed by atoms with Crippen LogP contribution in [0.2, 0.25) is 0 Å². The number of carbonyl (C=O) groups excluding carboxylic acids is 1. The van der Waals surface area contributed by atoms with Gasteiger partial charge in [-0.15, -0.1) is 0 Å². The van der Waals surface area contributed by atoms with Crippen molar-refractivity contribution >= 4 is 29.6 Å². The van der Waals surface area contributed by atoms with Gasteiger partial charge in [-0.2, -0.15) is 0 Å². The molecule has 2 atom stereocenters. The second kappa shape index (κ2) is 7.84. The summed E-state index contributed by atoms with van der Waals surface area (Å²) in [6.45, 7) is 3.90. The summed E-state index contributed by atoms with van der Waals surface area (Å²) < 4.78 is 0. The average Bonchev–Trinajstić information content (AvgIpc) is 3.10. The van der Waals surface area contributed by atoms with E-state index in [9.17, 15) is 14.8 Å². The zero-order chi connectivity index (χ0) is 18.7. The van der Waals surface area contributed by atoms with Crippen LogP contribution in [-0.2, 0) is 9.63 Å². The van der Waals surface area contributed by atoms with Crippen molar-refractivity contribution in [3.63, 3.8) is 0 Å². The van der Waals surface area contributed by atoms with E-state index in [4.69, 9.17) is 4.84 Å². The molecule has 1 aromatic carbocycles. The molecule has 1 aromatic heterocycles. The Balaban J connectivity index is 1.65. The molecule has 1 aliphatic rings. The molecule has 0 saturated heterocycles. The van der Waals surface area contributed by atoms with Crippen LogP contribution in [0.3, 0.4) is 0 Å². The Kier molecular flexibility index (Phi) is 5.53. The highest BCUT2D eigenvalue weighted by molar-refractivity contribution is 6.43. The van der Waals surface area contributed by atoms with Crippen LogP contribution in [0.15, 0.2) is 41.7 Å². The first-order valence-corrected chi connectivity index (χ1v) is 8.68. The minimum absolute atomic E-state index is 0.213. The van der Waals surface area contributed by atoms with Crippen LogP contribution in [0.1, 0.15) is 32.3 Å². The van der Waals surface area contributed by atoms with Gasteiger partial charge in [-0.05, 0) is 30.5 Å². The van der Waals surface area contributed by atoms with Crippen molar-refractivity contribution in [2.75, 3.05) is 0 Å². The van der Waals surface area contributed by atoms with Crippen molar-refractivity contribution in [3.05, 3.63) is 42.1 Å². The number of pyridine rings is 1. The molecular formula is C18H22BN3O4. The normalized spacial score (nSPS) is 17.7. The van der Waals surface area contributed by atoms with E-state index in [1.165, 1.54) is 0 Å². The highest BCUT2D eigenvalue weighted by atomic mass is 16.6. The van der Waals surface area contributed by atoms with E-state index in [-0.39, 0.29) is 5.92 Å². The van der Waals surface area contributed by atoms with E-state index in [1.807, 2.05) is 44.2 Å². The Hall–Kier alpha value is -2.45. The van der Waals surface area contributed by atoms with Gasteiger partial charge in [0.25, 0.3) is 5.91 Å². The Morgan fingerprint density at radius 3 is 2.92 bits per heavy atom. The van der Waals surface area contributed by atoms with Crippen LogP contribution >= 0.6 is 0 Å². The lowest BCUT2D eigenvalue weighted by Gasteiger charge is -2.20. The number of hydrogen-bond acceptors (Lipinski definition) is 6. The van der Waals surface area contributed by atoms with E-state index in [0.717, 1.165) is 16.5 Å². The molecule has 8 heteroatoms. The maximum Gasteiger partial charge on any atom is 0.475 e. The molecule has 0 aliphatic carbocycles. The molecule has 2 heterocycles. The Morgan fingerprint density at radius 1 is 1.38 bits per heavy atom. The zero-order valence-corrected chi connectivity index (χ0v) is 14.8. The molecule has 0 radical (unpaired) electrons. The van der Waals surface area contributed by atoms with Crippen LogP contribution in [-0.4, -0.2) is 45.8 Å². The fourth-order valence-electron chi connectivity index (χ4n) is 2.98. The fourth-order valence-corrected chi connectivity index (χ4v) is 2.98. The molecular weight excluding hydrogens is 333 g/mol. The summed E-state index contributed by atoms with van der Waals surface area (Å²) in [5.41, 5.74) is 2.45. The predicted octanol–water partition coefficient (Wildman–Crippen LogP) is 1.27. The van der Waals surface area contributed by atoms with Gasteiger partial charge in [-0.3, -0.25) is 9.78 Å². The first-order chi connectivity index (χ1) is 12.4. The molecule has 1 amide bonds. The minimum atomic E-state index is -1.61. The summed E-state index contributed by atoms with van der Waals surface area (Å²) in [6, 6.07) is 9.60. The lowest BCUT2D eigenvalue weighted by molar-refractivity contribution is -0.131. The van der Waals surface area contributed by atoms with E-state index < -0.39 is 25.1 Å². The smallest absolute Gasteiger partial charge is 0.426 e. The summed E-state index contributed by atoms with van der Waals surface area (Å²) in [4.78, 5) is 21.9. The number of nitrogens with one attached hydrogen (secondary N) is 1. The average molecular weight is 355 g/mol. The van der Waals surface area contributed by atoms with Crippen molar-refractivity contribution in [2.24, 2.45) is 11.1 Å². The molecule has 1 aliphatic heterocycles. The third-order valence-electron chi connectivity index (χ3n) is 4.31. The van der Waals surface area contributed by atoms with Gasteiger partial charge in [0.05, 0.1) is 17.2 Å².